The molecule has 2 aromatic rings. The van der Waals surface area contributed by atoms with Crippen molar-refractivity contribution in [2.75, 3.05) is 11.1 Å². The van der Waals surface area contributed by atoms with E-state index >= 15 is 0 Å². The molecule has 0 fully saturated rings. The van der Waals surface area contributed by atoms with Crippen LogP contribution in [0.25, 0.3) is 0 Å². The lowest BCUT2D eigenvalue weighted by atomic mass is 10.3. The van der Waals surface area contributed by atoms with E-state index in [4.69, 9.17) is 5.73 Å². The number of carbonyl (C=O) groups excluding carboxylic acids is 1. The number of hydrogen-bond donors (Lipinski definition) is 2. The molecule has 3 N–H and O–H groups in total. The van der Waals surface area contributed by atoms with E-state index < -0.39 is 0 Å². The van der Waals surface area contributed by atoms with Gasteiger partial charge in [-0.1, -0.05) is 0 Å². The lowest BCUT2D eigenvalue weighted by Gasteiger charge is -2.08. The van der Waals surface area contributed by atoms with Crippen molar-refractivity contribution in [3.05, 3.63) is 52.7 Å². The molecule has 0 aliphatic heterocycles. The Kier molecular flexibility index (Phi) is 3.61. The Balaban J connectivity index is 2.09. The molecular formula is C13H14N4O2. The molecule has 6 nitrogen and oxygen atoms in total. The first-order valence-corrected chi connectivity index (χ1v) is 5.73. The van der Waals surface area contributed by atoms with Crippen LogP contribution in [-0.4, -0.2) is 15.5 Å². The fourth-order valence-corrected chi connectivity index (χ4v) is 1.65. The van der Waals surface area contributed by atoms with Crippen molar-refractivity contribution >= 4 is 17.3 Å². The van der Waals surface area contributed by atoms with E-state index in [0.717, 1.165) is 5.69 Å². The Hall–Kier alpha value is -2.63. The summed E-state index contributed by atoms with van der Waals surface area (Å²) in [5, 5.41) is 2.70. The summed E-state index contributed by atoms with van der Waals surface area (Å²) >= 11 is 0. The van der Waals surface area contributed by atoms with Crippen molar-refractivity contribution in [1.29, 1.82) is 0 Å². The van der Waals surface area contributed by atoms with Crippen LogP contribution in [0.4, 0.5) is 11.4 Å². The molecular weight excluding hydrogens is 244 g/mol. The van der Waals surface area contributed by atoms with Crippen molar-refractivity contribution in [3.63, 3.8) is 0 Å². The Morgan fingerprint density at radius 1 is 1.42 bits per heavy atom. The Morgan fingerprint density at radius 2 is 2.21 bits per heavy atom. The molecule has 0 spiro atoms. The number of anilines is 2. The lowest BCUT2D eigenvalue weighted by molar-refractivity contribution is -0.116. The molecule has 2 heterocycles. The second kappa shape index (κ2) is 5.34. The number of carbonyl (C=O) groups is 1. The van der Waals surface area contributed by atoms with Gasteiger partial charge in [0.05, 0.1) is 0 Å². The second-order valence-corrected chi connectivity index (χ2v) is 4.16. The number of aromatic nitrogens is 2. The van der Waals surface area contributed by atoms with E-state index in [1.165, 1.54) is 22.9 Å². The molecule has 0 aliphatic rings. The second-order valence-electron chi connectivity index (χ2n) is 4.16. The Morgan fingerprint density at radius 3 is 2.95 bits per heavy atom. The normalized spacial score (nSPS) is 10.2. The van der Waals surface area contributed by atoms with Crippen LogP contribution in [-0.2, 0) is 11.3 Å². The molecule has 2 rings (SSSR count). The molecule has 2 aromatic heterocycles. The quantitative estimate of drug-likeness (QED) is 0.851. The molecule has 6 heteroatoms. The van der Waals surface area contributed by atoms with Gasteiger partial charge >= 0.3 is 0 Å². The number of amides is 1. The molecule has 0 aliphatic carbocycles. The van der Waals surface area contributed by atoms with Crippen LogP contribution >= 0.6 is 0 Å². The number of rotatable bonds is 3. The van der Waals surface area contributed by atoms with E-state index in [9.17, 15) is 9.59 Å². The highest BCUT2D eigenvalue weighted by molar-refractivity contribution is 5.90. The first-order chi connectivity index (χ1) is 9.04. The predicted molar refractivity (Wildman–Crippen MR) is 72.7 cm³/mol. The monoisotopic (exact) mass is 258 g/mol. The summed E-state index contributed by atoms with van der Waals surface area (Å²) in [5.41, 5.74) is 7.20. The third kappa shape index (κ3) is 3.41. The van der Waals surface area contributed by atoms with E-state index in [2.05, 4.69) is 10.3 Å². The average molecular weight is 258 g/mol. The number of nitrogen functional groups attached to an aromatic ring is 1. The molecule has 0 unspecified atom stereocenters. The van der Waals surface area contributed by atoms with Crippen molar-refractivity contribution in [1.82, 2.24) is 9.55 Å². The molecule has 98 valence electrons. The maximum Gasteiger partial charge on any atom is 0.251 e. The van der Waals surface area contributed by atoms with Gasteiger partial charge in [-0.25, -0.2) is 0 Å². The van der Waals surface area contributed by atoms with Gasteiger partial charge in [0.25, 0.3) is 5.56 Å². The van der Waals surface area contributed by atoms with Crippen LogP contribution in [0.5, 0.6) is 0 Å². The van der Waals surface area contributed by atoms with Gasteiger partial charge in [0.2, 0.25) is 5.91 Å². The van der Waals surface area contributed by atoms with Crippen molar-refractivity contribution in [2.45, 2.75) is 13.5 Å². The minimum atomic E-state index is -0.293. The third-order valence-corrected chi connectivity index (χ3v) is 2.50. The largest absolute Gasteiger partial charge is 0.398 e. The van der Waals surface area contributed by atoms with Crippen LogP contribution in [0.3, 0.4) is 0 Å². The van der Waals surface area contributed by atoms with Gasteiger partial charge in [-0.3, -0.25) is 14.6 Å². The third-order valence-electron chi connectivity index (χ3n) is 2.50. The molecule has 0 aromatic carbocycles. The molecule has 0 atom stereocenters. The van der Waals surface area contributed by atoms with E-state index in [0.29, 0.717) is 11.4 Å². The highest BCUT2D eigenvalue weighted by Gasteiger charge is 2.05. The van der Waals surface area contributed by atoms with E-state index in [1.54, 1.807) is 18.3 Å². The summed E-state index contributed by atoms with van der Waals surface area (Å²) in [4.78, 5) is 27.4. The Labute approximate surface area is 109 Å². The first kappa shape index (κ1) is 12.8. The maximum atomic E-state index is 11.8. The average Bonchev–Trinajstić information content (AvgIpc) is 2.34. The van der Waals surface area contributed by atoms with Crippen molar-refractivity contribution in [2.24, 2.45) is 0 Å². The lowest BCUT2D eigenvalue weighted by Crippen LogP contribution is -2.27. The van der Waals surface area contributed by atoms with Gasteiger partial charge in [0.15, 0.2) is 0 Å². The first-order valence-electron chi connectivity index (χ1n) is 5.73. The summed E-state index contributed by atoms with van der Waals surface area (Å²) < 4.78 is 1.26. The van der Waals surface area contributed by atoms with Crippen molar-refractivity contribution in [3.8, 4) is 0 Å². The molecule has 0 radical (unpaired) electrons. The van der Waals surface area contributed by atoms with Crippen LogP contribution in [0.1, 0.15) is 5.69 Å². The fourth-order valence-electron chi connectivity index (χ4n) is 1.65. The van der Waals surface area contributed by atoms with Crippen LogP contribution in [0, 0.1) is 6.92 Å². The number of nitrogens with zero attached hydrogens (tertiary/aromatic N) is 2. The maximum absolute atomic E-state index is 11.8. The van der Waals surface area contributed by atoms with Crippen LogP contribution in [0.15, 0.2) is 41.5 Å². The summed E-state index contributed by atoms with van der Waals surface area (Å²) in [5.74, 6) is -0.293. The molecule has 0 bridgehead atoms. The van der Waals surface area contributed by atoms with Crippen LogP contribution in [0.2, 0.25) is 0 Å². The molecule has 0 saturated carbocycles. The minimum Gasteiger partial charge on any atom is -0.398 e. The zero-order valence-corrected chi connectivity index (χ0v) is 10.5. The number of hydrogen-bond acceptors (Lipinski definition) is 4. The summed E-state index contributed by atoms with van der Waals surface area (Å²) in [6, 6.07) is 6.27. The smallest absolute Gasteiger partial charge is 0.251 e. The van der Waals surface area contributed by atoms with Gasteiger partial charge in [0, 0.05) is 35.5 Å². The number of pyridine rings is 2. The minimum absolute atomic E-state index is 0.0781. The van der Waals surface area contributed by atoms with Crippen LogP contribution < -0.4 is 16.6 Å². The van der Waals surface area contributed by atoms with E-state index in [-0.39, 0.29) is 18.0 Å². The van der Waals surface area contributed by atoms with Crippen molar-refractivity contribution < 1.29 is 4.79 Å². The zero-order chi connectivity index (χ0) is 13.8. The predicted octanol–water partition coefficient (Wildman–Crippen LogP) is 0.773. The number of nitrogens with one attached hydrogen (secondary N) is 1. The SMILES string of the molecule is Cc1cc(NC(=O)Cn2cc(N)ccc2=O)ccn1. The van der Waals surface area contributed by atoms with Gasteiger partial charge in [-0.2, -0.15) is 0 Å². The summed E-state index contributed by atoms with van der Waals surface area (Å²) in [6.45, 7) is 1.75. The fraction of sp³-hybridized carbons (Fsp3) is 0.154. The van der Waals surface area contributed by atoms with E-state index in [1.807, 2.05) is 6.92 Å². The molecule has 1 amide bonds. The van der Waals surface area contributed by atoms with Gasteiger partial charge in [-0.05, 0) is 25.1 Å². The summed E-state index contributed by atoms with van der Waals surface area (Å²) in [7, 11) is 0. The van der Waals surface area contributed by atoms with Gasteiger partial charge in [0.1, 0.15) is 6.54 Å². The number of nitrogens with two attached hydrogens (primary N) is 1. The summed E-state index contributed by atoms with van der Waals surface area (Å²) in [6.07, 6.45) is 3.05. The highest BCUT2D eigenvalue weighted by Crippen LogP contribution is 2.07. The highest BCUT2D eigenvalue weighted by atomic mass is 16.2. The van der Waals surface area contributed by atoms with Gasteiger partial charge in [-0.15, -0.1) is 0 Å². The Bertz CT molecular complexity index is 664. The topological polar surface area (TPSA) is 90.0 Å². The standard InChI is InChI=1S/C13H14N4O2/c1-9-6-11(4-5-15-9)16-12(18)8-17-7-10(14)2-3-13(17)19/h2-7H,8,14H2,1H3,(H,15,16,18). The zero-order valence-electron chi connectivity index (χ0n) is 10.5. The molecule has 0 saturated heterocycles. The molecule has 19 heavy (non-hydrogen) atoms. The van der Waals surface area contributed by atoms with Gasteiger partial charge < -0.3 is 15.6 Å². The number of aryl methyl sites for hydroxylation is 1.